The van der Waals surface area contributed by atoms with E-state index in [2.05, 4.69) is 5.32 Å². The normalized spacial score (nSPS) is 31.6. The van der Waals surface area contributed by atoms with Crippen LogP contribution in [0.15, 0.2) is 12.1 Å². The number of carbonyl (C=O) groups is 2. The summed E-state index contributed by atoms with van der Waals surface area (Å²) < 4.78 is 42.8. The zero-order chi connectivity index (χ0) is 22.6. The summed E-state index contributed by atoms with van der Waals surface area (Å²) in [5.74, 6) is -2.46. The highest BCUT2D eigenvalue weighted by Gasteiger charge is 2.50. The van der Waals surface area contributed by atoms with Gasteiger partial charge in [-0.1, -0.05) is 25.4 Å². The molecule has 1 aromatic rings. The lowest BCUT2D eigenvalue weighted by molar-refractivity contribution is -0.143. The van der Waals surface area contributed by atoms with Crippen LogP contribution in [0.1, 0.15) is 56.3 Å². The number of amides is 1. The van der Waals surface area contributed by atoms with E-state index in [-0.39, 0.29) is 41.2 Å². The van der Waals surface area contributed by atoms with Crippen molar-refractivity contribution in [3.63, 3.8) is 0 Å². The predicted molar refractivity (Wildman–Crippen MR) is 109 cm³/mol. The predicted octanol–water partition coefficient (Wildman–Crippen LogP) is 4.58. The van der Waals surface area contributed by atoms with Crippen molar-refractivity contribution in [1.82, 2.24) is 5.32 Å². The van der Waals surface area contributed by atoms with E-state index in [4.69, 9.17) is 25.8 Å². The Morgan fingerprint density at radius 3 is 2.55 bits per heavy atom. The Bertz CT molecular complexity index is 902. The van der Waals surface area contributed by atoms with Gasteiger partial charge in [0, 0.05) is 30.2 Å². The molecule has 4 unspecified atom stereocenters. The summed E-state index contributed by atoms with van der Waals surface area (Å²) in [6, 6.07) is 2.58. The van der Waals surface area contributed by atoms with Gasteiger partial charge in [0.15, 0.2) is 11.5 Å². The van der Waals surface area contributed by atoms with Crippen molar-refractivity contribution in [1.29, 1.82) is 0 Å². The average Bonchev–Trinajstić information content (AvgIpc) is 3.10. The third kappa shape index (κ3) is 4.19. The van der Waals surface area contributed by atoms with Crippen molar-refractivity contribution in [3.05, 3.63) is 22.7 Å². The van der Waals surface area contributed by atoms with Crippen LogP contribution < -0.4 is 14.8 Å². The van der Waals surface area contributed by atoms with E-state index in [1.165, 1.54) is 13.2 Å². The van der Waals surface area contributed by atoms with Gasteiger partial charge >= 0.3 is 5.97 Å². The molecule has 0 aromatic heterocycles. The minimum atomic E-state index is -2.66. The topological polar surface area (TPSA) is 73.9 Å². The Morgan fingerprint density at radius 2 is 1.94 bits per heavy atom. The molecule has 1 heterocycles. The molecule has 2 aliphatic carbocycles. The van der Waals surface area contributed by atoms with Crippen molar-refractivity contribution in [3.8, 4) is 11.5 Å². The summed E-state index contributed by atoms with van der Waals surface area (Å²) >= 11 is 6.27. The number of fused-ring (bicyclic) bond motifs is 1. The molecule has 170 valence electrons. The standard InChI is InChI=1S/C22H26ClF2NO5/c1-11-8-21(2,20(28)26-13-9-22(24,25)10-13)5-4-14(11)19-30-16-7-12(18(27)29-3)6-15(23)17(16)31-19/h6-7,11,13-14,19H,4-5,8-10H2,1-3H3,(H,26,28). The Morgan fingerprint density at radius 1 is 1.23 bits per heavy atom. The van der Waals surface area contributed by atoms with Crippen LogP contribution in [0, 0.1) is 17.3 Å². The lowest BCUT2D eigenvalue weighted by Crippen LogP contribution is -2.55. The van der Waals surface area contributed by atoms with Gasteiger partial charge in [-0.05, 0) is 37.3 Å². The molecule has 1 aromatic carbocycles. The van der Waals surface area contributed by atoms with Crippen LogP contribution in [0.2, 0.25) is 5.02 Å². The largest absolute Gasteiger partial charge is 0.465 e. The number of ether oxygens (including phenoxy) is 3. The molecule has 3 aliphatic rings. The molecule has 0 spiro atoms. The first-order chi connectivity index (χ1) is 14.5. The maximum absolute atomic E-state index is 13.1. The van der Waals surface area contributed by atoms with Gasteiger partial charge < -0.3 is 19.5 Å². The molecule has 1 amide bonds. The molecular weight excluding hydrogens is 432 g/mol. The molecule has 4 rings (SSSR count). The van der Waals surface area contributed by atoms with Crippen LogP contribution in [0.3, 0.4) is 0 Å². The first-order valence-corrected chi connectivity index (χ1v) is 10.8. The number of carbonyl (C=O) groups excluding carboxylic acids is 2. The van der Waals surface area contributed by atoms with Crippen LogP contribution in [-0.2, 0) is 9.53 Å². The average molecular weight is 458 g/mol. The summed E-state index contributed by atoms with van der Waals surface area (Å²) in [4.78, 5) is 24.6. The summed E-state index contributed by atoms with van der Waals surface area (Å²) in [5, 5.41) is 3.06. The molecule has 6 nitrogen and oxygen atoms in total. The van der Waals surface area contributed by atoms with Crippen molar-refractivity contribution in [2.75, 3.05) is 7.11 Å². The van der Waals surface area contributed by atoms with E-state index in [1.54, 1.807) is 6.07 Å². The number of benzene rings is 1. The number of halogens is 3. The maximum Gasteiger partial charge on any atom is 0.338 e. The molecule has 1 N–H and O–H groups in total. The van der Waals surface area contributed by atoms with Gasteiger partial charge in [-0.25, -0.2) is 13.6 Å². The Balaban J connectivity index is 1.39. The smallest absolute Gasteiger partial charge is 0.338 e. The zero-order valence-corrected chi connectivity index (χ0v) is 18.4. The van der Waals surface area contributed by atoms with Crippen LogP contribution in [0.4, 0.5) is 8.78 Å². The highest BCUT2D eigenvalue weighted by Crippen LogP contribution is 2.49. The SMILES string of the molecule is COC(=O)c1cc(Cl)c2c(c1)OC(C1CCC(C)(C(=O)NC3CC(F)(F)C3)CC1C)O2. The first-order valence-electron chi connectivity index (χ1n) is 10.5. The Labute approximate surface area is 184 Å². The van der Waals surface area contributed by atoms with E-state index < -0.39 is 29.6 Å². The van der Waals surface area contributed by atoms with E-state index in [9.17, 15) is 18.4 Å². The van der Waals surface area contributed by atoms with Gasteiger partial charge in [0.2, 0.25) is 12.2 Å². The van der Waals surface area contributed by atoms with Gasteiger partial charge in [0.25, 0.3) is 5.92 Å². The minimum absolute atomic E-state index is 0.0129. The number of alkyl halides is 2. The van der Waals surface area contributed by atoms with Crippen LogP contribution in [0.5, 0.6) is 11.5 Å². The third-order valence-electron chi connectivity index (χ3n) is 6.76. The molecule has 31 heavy (non-hydrogen) atoms. The quantitative estimate of drug-likeness (QED) is 0.670. The van der Waals surface area contributed by atoms with E-state index in [1.807, 2.05) is 13.8 Å². The minimum Gasteiger partial charge on any atom is -0.465 e. The fraction of sp³-hybridized carbons (Fsp3) is 0.636. The van der Waals surface area contributed by atoms with Crippen LogP contribution >= 0.6 is 11.6 Å². The molecule has 2 fully saturated rings. The van der Waals surface area contributed by atoms with Gasteiger partial charge in [-0.15, -0.1) is 0 Å². The van der Waals surface area contributed by atoms with Crippen molar-refractivity contribution >= 4 is 23.5 Å². The van der Waals surface area contributed by atoms with Crippen LogP contribution in [0.25, 0.3) is 0 Å². The monoisotopic (exact) mass is 457 g/mol. The van der Waals surface area contributed by atoms with Gasteiger partial charge in [-0.2, -0.15) is 0 Å². The van der Waals surface area contributed by atoms with Crippen LogP contribution in [-0.4, -0.2) is 37.2 Å². The molecule has 2 saturated carbocycles. The summed E-state index contributed by atoms with van der Waals surface area (Å²) in [5.41, 5.74) is -0.347. The van der Waals surface area contributed by atoms with E-state index in [0.717, 1.165) is 0 Å². The second kappa shape index (κ2) is 7.80. The molecule has 4 atom stereocenters. The molecule has 0 radical (unpaired) electrons. The Kier molecular flexibility index (Phi) is 5.56. The fourth-order valence-electron chi connectivity index (χ4n) is 4.91. The molecule has 0 saturated heterocycles. The van der Waals surface area contributed by atoms with Crippen molar-refractivity contribution in [2.24, 2.45) is 17.3 Å². The zero-order valence-electron chi connectivity index (χ0n) is 17.7. The third-order valence-corrected chi connectivity index (χ3v) is 7.04. The molecule has 1 aliphatic heterocycles. The Hall–Kier alpha value is -2.09. The highest BCUT2D eigenvalue weighted by molar-refractivity contribution is 6.32. The molecular formula is C22H26ClF2NO5. The van der Waals surface area contributed by atoms with Crippen molar-refractivity contribution < 1.29 is 32.6 Å². The number of methoxy groups -OCH3 is 1. The second-order valence-electron chi connectivity index (χ2n) is 9.26. The van der Waals surface area contributed by atoms with E-state index in [0.29, 0.717) is 30.8 Å². The highest BCUT2D eigenvalue weighted by atomic mass is 35.5. The van der Waals surface area contributed by atoms with Gasteiger partial charge in [-0.3, -0.25) is 4.79 Å². The number of esters is 1. The van der Waals surface area contributed by atoms with E-state index >= 15 is 0 Å². The number of hydrogen-bond donors (Lipinski definition) is 1. The maximum atomic E-state index is 13.1. The van der Waals surface area contributed by atoms with Crippen molar-refractivity contribution in [2.45, 2.75) is 64.2 Å². The lowest BCUT2D eigenvalue weighted by atomic mass is 9.66. The van der Waals surface area contributed by atoms with Gasteiger partial charge in [0.05, 0.1) is 17.7 Å². The molecule has 9 heteroatoms. The molecule has 0 bridgehead atoms. The number of hydrogen-bond acceptors (Lipinski definition) is 5. The van der Waals surface area contributed by atoms with Gasteiger partial charge in [0.1, 0.15) is 0 Å². The second-order valence-corrected chi connectivity index (χ2v) is 9.67. The summed E-state index contributed by atoms with van der Waals surface area (Å²) in [6.45, 7) is 3.92. The lowest BCUT2D eigenvalue weighted by Gasteiger charge is -2.43. The summed E-state index contributed by atoms with van der Waals surface area (Å²) in [6.07, 6.45) is 0.706. The first kappa shape index (κ1) is 22.1. The summed E-state index contributed by atoms with van der Waals surface area (Å²) in [7, 11) is 1.29. The number of nitrogens with one attached hydrogen (secondary N) is 1. The number of rotatable bonds is 4. The fourth-order valence-corrected chi connectivity index (χ4v) is 5.17.